The zero-order chi connectivity index (χ0) is 13.8. The molecule has 0 aromatic carbocycles. The lowest BCUT2D eigenvalue weighted by Gasteiger charge is -1.97. The van der Waals surface area contributed by atoms with Crippen LogP contribution in [0.1, 0.15) is 33.0 Å². The Balaban J connectivity index is 2.06. The van der Waals surface area contributed by atoms with Crippen LogP contribution in [0.5, 0.6) is 0 Å². The standard InChI is InChI=1S/C10H10N4O3S2/c1-3-17-9(16)8-12-6(4-18-8)7(15)13-10-11-5(2)14-19-10/h4H,3H2,1-2H3,(H,11,13,14,15). The lowest BCUT2D eigenvalue weighted by Crippen LogP contribution is -2.13. The van der Waals surface area contributed by atoms with Crippen LogP contribution in [-0.2, 0) is 4.74 Å². The normalized spacial score (nSPS) is 10.2. The van der Waals surface area contributed by atoms with Crippen molar-refractivity contribution in [2.45, 2.75) is 13.8 Å². The van der Waals surface area contributed by atoms with Gasteiger partial charge in [0.15, 0.2) is 0 Å². The third-order valence-electron chi connectivity index (χ3n) is 1.93. The maximum atomic E-state index is 11.8. The molecule has 9 heteroatoms. The zero-order valence-electron chi connectivity index (χ0n) is 10.2. The maximum absolute atomic E-state index is 11.8. The molecular formula is C10H10N4O3S2. The second kappa shape index (κ2) is 5.85. The first kappa shape index (κ1) is 13.6. The van der Waals surface area contributed by atoms with Crippen molar-refractivity contribution in [3.8, 4) is 0 Å². The van der Waals surface area contributed by atoms with Crippen molar-refractivity contribution in [2.24, 2.45) is 0 Å². The quantitative estimate of drug-likeness (QED) is 0.864. The molecule has 0 unspecified atom stereocenters. The average molecular weight is 298 g/mol. The third kappa shape index (κ3) is 3.32. The SMILES string of the molecule is CCOC(=O)c1nc(C(=O)Nc2nc(C)ns2)cs1. The van der Waals surface area contributed by atoms with Crippen LogP contribution < -0.4 is 5.32 Å². The first-order chi connectivity index (χ1) is 9.10. The van der Waals surface area contributed by atoms with E-state index in [4.69, 9.17) is 4.74 Å². The van der Waals surface area contributed by atoms with Gasteiger partial charge in [-0.2, -0.15) is 4.37 Å². The molecule has 0 saturated heterocycles. The number of ether oxygens (including phenoxy) is 1. The Morgan fingerprint density at radius 3 is 2.84 bits per heavy atom. The molecule has 0 bridgehead atoms. The Labute approximate surface area is 116 Å². The van der Waals surface area contributed by atoms with Crippen molar-refractivity contribution in [2.75, 3.05) is 11.9 Å². The molecule has 0 aliphatic heterocycles. The molecule has 100 valence electrons. The molecule has 0 fully saturated rings. The average Bonchev–Trinajstić information content (AvgIpc) is 2.98. The van der Waals surface area contributed by atoms with E-state index in [0.29, 0.717) is 11.0 Å². The van der Waals surface area contributed by atoms with Gasteiger partial charge in [-0.15, -0.1) is 11.3 Å². The summed E-state index contributed by atoms with van der Waals surface area (Å²) in [6.07, 6.45) is 0. The molecule has 0 spiro atoms. The number of anilines is 1. The molecule has 1 amide bonds. The van der Waals surface area contributed by atoms with Crippen LogP contribution >= 0.6 is 22.9 Å². The van der Waals surface area contributed by atoms with E-state index in [2.05, 4.69) is 19.7 Å². The van der Waals surface area contributed by atoms with Crippen LogP contribution in [0.3, 0.4) is 0 Å². The Hall–Kier alpha value is -1.87. The number of hydrogen-bond acceptors (Lipinski definition) is 8. The summed E-state index contributed by atoms with van der Waals surface area (Å²) in [6, 6.07) is 0. The summed E-state index contributed by atoms with van der Waals surface area (Å²) >= 11 is 2.15. The van der Waals surface area contributed by atoms with E-state index in [1.54, 1.807) is 13.8 Å². The van der Waals surface area contributed by atoms with E-state index in [1.807, 2.05) is 0 Å². The minimum absolute atomic E-state index is 0.153. The van der Waals surface area contributed by atoms with Crippen LogP contribution in [0.4, 0.5) is 5.13 Å². The van der Waals surface area contributed by atoms with Crippen LogP contribution in [0.25, 0.3) is 0 Å². The molecule has 2 heterocycles. The number of rotatable bonds is 4. The monoisotopic (exact) mass is 298 g/mol. The van der Waals surface area contributed by atoms with E-state index in [-0.39, 0.29) is 17.3 Å². The number of amides is 1. The van der Waals surface area contributed by atoms with Gasteiger partial charge in [-0.3, -0.25) is 10.1 Å². The van der Waals surface area contributed by atoms with E-state index >= 15 is 0 Å². The van der Waals surface area contributed by atoms with Crippen LogP contribution in [0.2, 0.25) is 0 Å². The van der Waals surface area contributed by atoms with Gasteiger partial charge in [0.2, 0.25) is 10.1 Å². The van der Waals surface area contributed by atoms with Crippen LogP contribution in [0, 0.1) is 6.92 Å². The summed E-state index contributed by atoms with van der Waals surface area (Å²) in [6.45, 7) is 3.70. The summed E-state index contributed by atoms with van der Waals surface area (Å²) in [5.74, 6) is -0.368. The predicted octanol–water partition coefficient (Wildman–Crippen LogP) is 1.73. The van der Waals surface area contributed by atoms with E-state index in [9.17, 15) is 9.59 Å². The van der Waals surface area contributed by atoms with Crippen molar-refractivity contribution < 1.29 is 14.3 Å². The number of aryl methyl sites for hydroxylation is 1. The van der Waals surface area contributed by atoms with Gasteiger partial charge < -0.3 is 4.74 Å². The second-order valence-corrected chi connectivity index (χ2v) is 4.97. The van der Waals surface area contributed by atoms with Crippen molar-refractivity contribution in [1.82, 2.24) is 14.3 Å². The Kier molecular flexibility index (Phi) is 4.17. The lowest BCUT2D eigenvalue weighted by atomic mass is 10.4. The summed E-state index contributed by atoms with van der Waals surface area (Å²) in [5.41, 5.74) is 0.154. The number of nitrogens with one attached hydrogen (secondary N) is 1. The molecule has 1 N–H and O–H groups in total. The molecule has 0 atom stereocenters. The molecule has 7 nitrogen and oxygen atoms in total. The molecular weight excluding hydrogens is 288 g/mol. The Morgan fingerprint density at radius 2 is 2.21 bits per heavy atom. The lowest BCUT2D eigenvalue weighted by molar-refractivity contribution is 0.0526. The summed E-state index contributed by atoms with van der Waals surface area (Å²) in [4.78, 5) is 31.2. The van der Waals surface area contributed by atoms with Crippen molar-refractivity contribution in [3.05, 3.63) is 21.9 Å². The minimum atomic E-state index is -0.529. The molecule has 0 aliphatic carbocycles. The van der Waals surface area contributed by atoms with Gasteiger partial charge in [0, 0.05) is 16.9 Å². The fraction of sp³-hybridized carbons (Fsp3) is 0.300. The first-order valence-electron chi connectivity index (χ1n) is 5.34. The number of esters is 1. The molecule has 2 rings (SSSR count). The third-order valence-corrected chi connectivity index (χ3v) is 3.48. The number of nitrogens with zero attached hydrogens (tertiary/aromatic N) is 3. The minimum Gasteiger partial charge on any atom is -0.461 e. The molecule has 0 saturated carbocycles. The highest BCUT2D eigenvalue weighted by molar-refractivity contribution is 7.12. The molecule has 19 heavy (non-hydrogen) atoms. The fourth-order valence-electron chi connectivity index (χ4n) is 1.17. The summed E-state index contributed by atoms with van der Waals surface area (Å²) in [5, 5.41) is 4.61. The highest BCUT2D eigenvalue weighted by Gasteiger charge is 2.17. The summed E-state index contributed by atoms with van der Waals surface area (Å²) in [7, 11) is 0. The Bertz CT molecular complexity index is 607. The largest absolute Gasteiger partial charge is 0.461 e. The van der Waals surface area contributed by atoms with Gasteiger partial charge in [-0.1, -0.05) is 0 Å². The highest BCUT2D eigenvalue weighted by Crippen LogP contribution is 2.15. The van der Waals surface area contributed by atoms with E-state index in [0.717, 1.165) is 22.9 Å². The van der Waals surface area contributed by atoms with Crippen LogP contribution in [-0.4, -0.2) is 32.8 Å². The number of hydrogen-bond donors (Lipinski definition) is 1. The van der Waals surface area contributed by atoms with Crippen LogP contribution in [0.15, 0.2) is 5.38 Å². The molecule has 0 aliphatic rings. The van der Waals surface area contributed by atoms with Gasteiger partial charge in [-0.05, 0) is 13.8 Å². The fourth-order valence-corrected chi connectivity index (χ4v) is 2.43. The topological polar surface area (TPSA) is 94.1 Å². The maximum Gasteiger partial charge on any atom is 0.367 e. The van der Waals surface area contributed by atoms with Gasteiger partial charge in [-0.25, -0.2) is 14.8 Å². The summed E-state index contributed by atoms with van der Waals surface area (Å²) < 4.78 is 8.74. The number of carbonyl (C=O) groups is 2. The highest BCUT2D eigenvalue weighted by atomic mass is 32.1. The molecule has 2 aromatic heterocycles. The zero-order valence-corrected chi connectivity index (χ0v) is 11.8. The van der Waals surface area contributed by atoms with E-state index in [1.165, 1.54) is 5.38 Å². The molecule has 2 aromatic rings. The van der Waals surface area contributed by atoms with Gasteiger partial charge in [0.05, 0.1) is 6.61 Å². The van der Waals surface area contributed by atoms with Crippen molar-refractivity contribution >= 4 is 39.9 Å². The van der Waals surface area contributed by atoms with Gasteiger partial charge in [0.1, 0.15) is 11.5 Å². The van der Waals surface area contributed by atoms with Crippen molar-refractivity contribution in [3.63, 3.8) is 0 Å². The number of thiazole rings is 1. The van der Waals surface area contributed by atoms with Gasteiger partial charge in [0.25, 0.3) is 5.91 Å². The van der Waals surface area contributed by atoms with E-state index < -0.39 is 11.9 Å². The Morgan fingerprint density at radius 1 is 1.42 bits per heavy atom. The smallest absolute Gasteiger partial charge is 0.367 e. The predicted molar refractivity (Wildman–Crippen MR) is 70.7 cm³/mol. The molecule has 0 radical (unpaired) electrons. The second-order valence-electron chi connectivity index (χ2n) is 3.36. The first-order valence-corrected chi connectivity index (χ1v) is 6.99. The number of carbonyl (C=O) groups excluding carboxylic acids is 2. The number of aromatic nitrogens is 3. The van der Waals surface area contributed by atoms with Crippen molar-refractivity contribution in [1.29, 1.82) is 0 Å². The van der Waals surface area contributed by atoms with Gasteiger partial charge >= 0.3 is 5.97 Å².